The van der Waals surface area contributed by atoms with Gasteiger partial charge in [0.2, 0.25) is 5.91 Å². The van der Waals surface area contributed by atoms with E-state index in [0.29, 0.717) is 22.2 Å². The van der Waals surface area contributed by atoms with Crippen molar-refractivity contribution in [2.24, 2.45) is 0 Å². The minimum absolute atomic E-state index is 0.196. The molecule has 0 atom stereocenters. The summed E-state index contributed by atoms with van der Waals surface area (Å²) in [6, 6.07) is 13.3. The Morgan fingerprint density at radius 1 is 1.10 bits per heavy atom. The van der Waals surface area contributed by atoms with Crippen LogP contribution in [0, 0.1) is 0 Å². The normalized spacial score (nSPS) is 11.0. The van der Waals surface area contributed by atoms with Gasteiger partial charge in [-0.05, 0) is 31.2 Å². The van der Waals surface area contributed by atoms with E-state index >= 15 is 0 Å². The third-order valence-electron chi connectivity index (χ3n) is 4.61. The molecule has 2 N–H and O–H groups in total. The monoisotopic (exact) mass is 407 g/mol. The van der Waals surface area contributed by atoms with Crippen LogP contribution < -0.4 is 22.3 Å². The number of amides is 1. The molecule has 4 rings (SSSR count). The van der Waals surface area contributed by atoms with Crippen molar-refractivity contribution in [3.8, 4) is 11.4 Å². The van der Waals surface area contributed by atoms with Crippen LogP contribution in [0.3, 0.4) is 0 Å². The molecule has 152 valence electrons. The van der Waals surface area contributed by atoms with E-state index in [2.05, 4.69) is 20.0 Å². The molecule has 0 spiro atoms. The molecular weight excluding hydrogens is 390 g/mol. The number of para-hydroxylation sites is 1. The van der Waals surface area contributed by atoms with Crippen LogP contribution in [0.5, 0.6) is 0 Å². The van der Waals surface area contributed by atoms with E-state index < -0.39 is 17.4 Å². The fraction of sp³-hybridized carbons (Fsp3) is 0.150. The molecule has 0 saturated carbocycles. The van der Waals surface area contributed by atoms with Crippen molar-refractivity contribution in [2.75, 3.05) is 5.32 Å². The smallest absolute Gasteiger partial charge is 0.325 e. The van der Waals surface area contributed by atoms with Crippen LogP contribution in [0.25, 0.3) is 22.3 Å². The predicted molar refractivity (Wildman–Crippen MR) is 109 cm³/mol. The van der Waals surface area contributed by atoms with Crippen molar-refractivity contribution in [1.29, 1.82) is 0 Å². The van der Waals surface area contributed by atoms with Gasteiger partial charge in [0, 0.05) is 17.8 Å². The average Bonchev–Trinajstić information content (AvgIpc) is 3.18. The topological polar surface area (TPSA) is 132 Å². The van der Waals surface area contributed by atoms with E-state index in [4.69, 9.17) is 0 Å². The van der Waals surface area contributed by atoms with Crippen molar-refractivity contribution in [2.45, 2.75) is 20.0 Å². The first-order chi connectivity index (χ1) is 14.5. The summed E-state index contributed by atoms with van der Waals surface area (Å²) >= 11 is 0. The van der Waals surface area contributed by atoms with Crippen molar-refractivity contribution >= 4 is 22.5 Å². The van der Waals surface area contributed by atoms with Crippen LogP contribution in [-0.4, -0.2) is 25.2 Å². The third kappa shape index (κ3) is 3.46. The number of H-pyrrole nitrogens is 1. The van der Waals surface area contributed by atoms with Gasteiger partial charge in [0.1, 0.15) is 6.54 Å². The third-order valence-corrected chi connectivity index (χ3v) is 4.61. The second-order valence-electron chi connectivity index (χ2n) is 6.51. The van der Waals surface area contributed by atoms with Crippen LogP contribution >= 0.6 is 0 Å². The van der Waals surface area contributed by atoms with Crippen molar-refractivity contribution < 1.29 is 9.32 Å². The summed E-state index contributed by atoms with van der Waals surface area (Å²) < 4.78 is 6.86. The number of nitrogens with one attached hydrogen (secondary N) is 2. The van der Waals surface area contributed by atoms with Crippen LogP contribution in [0.1, 0.15) is 6.92 Å². The Balaban J connectivity index is 1.66. The Bertz CT molecular complexity index is 1430. The molecule has 2 heterocycles. The Morgan fingerprint density at radius 3 is 2.63 bits per heavy atom. The molecule has 0 unspecified atom stereocenters. The predicted octanol–water partition coefficient (Wildman–Crippen LogP) is 1.17. The maximum absolute atomic E-state index is 12.8. The van der Waals surface area contributed by atoms with E-state index in [1.165, 1.54) is 4.57 Å². The number of hydrogen-bond acceptors (Lipinski definition) is 6. The molecule has 1 amide bonds. The van der Waals surface area contributed by atoms with Crippen molar-refractivity contribution in [1.82, 2.24) is 19.3 Å². The fourth-order valence-corrected chi connectivity index (χ4v) is 3.25. The summed E-state index contributed by atoms with van der Waals surface area (Å²) in [6.07, 6.45) is 0. The number of fused-ring (bicyclic) bond motifs is 1. The summed E-state index contributed by atoms with van der Waals surface area (Å²) in [5.41, 5.74) is 0.443. The van der Waals surface area contributed by atoms with Crippen LogP contribution in [0.2, 0.25) is 0 Å². The van der Waals surface area contributed by atoms with E-state index in [9.17, 15) is 19.2 Å². The zero-order valence-corrected chi connectivity index (χ0v) is 15.9. The number of aromatic nitrogens is 4. The first-order valence-corrected chi connectivity index (χ1v) is 9.16. The SMILES string of the molecule is CCn1c(=O)c2ccccc2n(CC(=O)Nc2cccc(-c3noc(=O)[nH]3)c2)c1=O. The lowest BCUT2D eigenvalue weighted by molar-refractivity contribution is -0.116. The molecular formula is C20H17N5O5. The van der Waals surface area contributed by atoms with Gasteiger partial charge in [0.05, 0.1) is 10.9 Å². The molecule has 10 nitrogen and oxygen atoms in total. The quantitative estimate of drug-likeness (QED) is 0.510. The minimum Gasteiger partial charge on any atom is -0.325 e. The Morgan fingerprint density at radius 2 is 1.90 bits per heavy atom. The zero-order valence-electron chi connectivity index (χ0n) is 15.9. The van der Waals surface area contributed by atoms with Gasteiger partial charge < -0.3 is 5.32 Å². The highest BCUT2D eigenvalue weighted by Gasteiger charge is 2.15. The van der Waals surface area contributed by atoms with Gasteiger partial charge in [-0.25, -0.2) is 9.59 Å². The highest BCUT2D eigenvalue weighted by Crippen LogP contribution is 2.18. The molecule has 30 heavy (non-hydrogen) atoms. The maximum Gasteiger partial charge on any atom is 0.439 e. The number of carbonyl (C=O) groups excluding carboxylic acids is 1. The second kappa shape index (κ2) is 7.66. The number of aromatic amines is 1. The number of nitrogens with zero attached hydrogens (tertiary/aromatic N) is 3. The molecule has 2 aromatic carbocycles. The van der Waals surface area contributed by atoms with Crippen molar-refractivity contribution in [3.63, 3.8) is 0 Å². The average molecular weight is 407 g/mol. The van der Waals surface area contributed by atoms with E-state index in [1.54, 1.807) is 55.5 Å². The zero-order chi connectivity index (χ0) is 21.3. The first kappa shape index (κ1) is 19.1. The molecule has 10 heteroatoms. The number of benzene rings is 2. The van der Waals surface area contributed by atoms with E-state index in [0.717, 1.165) is 4.57 Å². The van der Waals surface area contributed by atoms with Gasteiger partial charge in [-0.15, -0.1) is 0 Å². The Labute approximate surface area is 168 Å². The summed E-state index contributed by atoms with van der Waals surface area (Å²) in [6.45, 7) is 1.62. The Hall–Kier alpha value is -4.21. The van der Waals surface area contributed by atoms with Gasteiger partial charge in [0.15, 0.2) is 5.82 Å². The highest BCUT2D eigenvalue weighted by atomic mass is 16.5. The van der Waals surface area contributed by atoms with E-state index in [-0.39, 0.29) is 24.5 Å². The largest absolute Gasteiger partial charge is 0.439 e. The standard InChI is InChI=1S/C20H17N5O5/c1-2-24-18(27)14-8-3-4-9-15(14)25(20(24)29)11-16(26)21-13-7-5-6-12(10-13)17-22-19(28)30-23-17/h3-10H,2,11H2,1H3,(H,21,26)(H,22,23,28). The van der Waals surface area contributed by atoms with Gasteiger partial charge in [-0.2, -0.15) is 0 Å². The van der Waals surface area contributed by atoms with Crippen LogP contribution in [0.15, 0.2) is 67.4 Å². The number of carbonyl (C=O) groups is 1. The summed E-state index contributed by atoms with van der Waals surface area (Å²) in [7, 11) is 0. The molecule has 4 aromatic rings. The van der Waals surface area contributed by atoms with Gasteiger partial charge in [0.25, 0.3) is 5.56 Å². The minimum atomic E-state index is -0.684. The van der Waals surface area contributed by atoms with Crippen LogP contribution in [-0.2, 0) is 17.9 Å². The lowest BCUT2D eigenvalue weighted by atomic mass is 10.2. The molecule has 0 aliphatic carbocycles. The second-order valence-corrected chi connectivity index (χ2v) is 6.51. The van der Waals surface area contributed by atoms with Gasteiger partial charge in [-0.3, -0.25) is 28.2 Å². The maximum atomic E-state index is 12.8. The molecule has 0 radical (unpaired) electrons. The van der Waals surface area contributed by atoms with Crippen molar-refractivity contribution in [3.05, 3.63) is 79.9 Å². The summed E-state index contributed by atoms with van der Waals surface area (Å²) in [5.74, 6) is -0.903. The van der Waals surface area contributed by atoms with Gasteiger partial charge >= 0.3 is 11.4 Å². The fourth-order valence-electron chi connectivity index (χ4n) is 3.25. The number of hydrogen-bond donors (Lipinski definition) is 2. The molecule has 0 fully saturated rings. The van der Waals surface area contributed by atoms with E-state index in [1.807, 2.05) is 0 Å². The number of rotatable bonds is 5. The molecule has 0 aliphatic rings. The summed E-state index contributed by atoms with van der Waals surface area (Å²) in [5, 5.41) is 6.69. The molecule has 0 saturated heterocycles. The number of anilines is 1. The molecule has 0 aliphatic heterocycles. The lowest BCUT2D eigenvalue weighted by Gasteiger charge is -2.13. The highest BCUT2D eigenvalue weighted by molar-refractivity contribution is 5.92. The van der Waals surface area contributed by atoms with Gasteiger partial charge in [-0.1, -0.05) is 29.4 Å². The first-order valence-electron chi connectivity index (χ1n) is 9.16. The lowest BCUT2D eigenvalue weighted by Crippen LogP contribution is -2.41. The molecule has 0 bridgehead atoms. The Kier molecular flexibility index (Phi) is 4.88. The summed E-state index contributed by atoms with van der Waals surface area (Å²) in [4.78, 5) is 51.5. The molecule has 2 aromatic heterocycles. The van der Waals surface area contributed by atoms with Crippen LogP contribution in [0.4, 0.5) is 5.69 Å².